The molecule has 2 aromatic rings. The lowest BCUT2D eigenvalue weighted by Gasteiger charge is -2.43. The van der Waals surface area contributed by atoms with Crippen LogP contribution in [-0.4, -0.2) is 70.8 Å². The Balaban J connectivity index is 1.58. The molecule has 1 atom stereocenters. The van der Waals surface area contributed by atoms with Crippen molar-refractivity contribution >= 4 is 17.5 Å². The first-order chi connectivity index (χ1) is 18.9. The molecule has 2 saturated heterocycles. The van der Waals surface area contributed by atoms with E-state index in [0.29, 0.717) is 17.8 Å². The second kappa shape index (κ2) is 10.7. The van der Waals surface area contributed by atoms with Crippen molar-refractivity contribution in [2.45, 2.75) is 49.4 Å². The number of benzene rings is 2. The van der Waals surface area contributed by atoms with Crippen LogP contribution in [0, 0.1) is 0 Å². The summed E-state index contributed by atoms with van der Waals surface area (Å²) in [5, 5.41) is 9.40. The largest absolute Gasteiger partial charge is 0.416 e. The number of likely N-dealkylation sites (tertiary alicyclic amines) is 1. The molecule has 224 valence electrons. The average Bonchev–Trinajstić information content (AvgIpc) is 3.16. The first-order valence-electron chi connectivity index (χ1n) is 12.4. The van der Waals surface area contributed by atoms with Crippen LogP contribution in [0.15, 0.2) is 48.5 Å². The summed E-state index contributed by atoms with van der Waals surface area (Å²) in [5.41, 5.74) is -4.87. The van der Waals surface area contributed by atoms with Gasteiger partial charge in [-0.05, 0) is 49.6 Å². The zero-order valence-corrected chi connectivity index (χ0v) is 21.2. The predicted octanol–water partition coefficient (Wildman–Crippen LogP) is 5.32. The van der Waals surface area contributed by atoms with E-state index in [1.807, 2.05) is 0 Å². The van der Waals surface area contributed by atoms with Crippen molar-refractivity contribution in [3.63, 3.8) is 0 Å². The number of carbonyl (C=O) groups is 2. The van der Waals surface area contributed by atoms with Gasteiger partial charge >= 0.3 is 18.5 Å². The number of halogens is 9. The quantitative estimate of drug-likeness (QED) is 0.475. The van der Waals surface area contributed by atoms with Gasteiger partial charge in [0.25, 0.3) is 5.91 Å². The Labute approximate surface area is 227 Å². The number of hydrogen-bond donors (Lipinski definition) is 1. The number of hydrogen-bond acceptors (Lipinski definition) is 4. The Morgan fingerprint density at radius 2 is 1.41 bits per heavy atom. The summed E-state index contributed by atoms with van der Waals surface area (Å²) in [7, 11) is 0. The van der Waals surface area contributed by atoms with Gasteiger partial charge in [0.15, 0.2) is 6.10 Å². The summed E-state index contributed by atoms with van der Waals surface area (Å²) in [4.78, 5) is 30.5. The topological polar surface area (TPSA) is 64.1 Å². The Hall–Kier alpha value is -3.49. The smallest absolute Gasteiger partial charge is 0.384 e. The van der Waals surface area contributed by atoms with E-state index < -0.39 is 71.6 Å². The van der Waals surface area contributed by atoms with Gasteiger partial charge in [-0.2, -0.15) is 39.5 Å². The molecule has 1 spiro atoms. The van der Waals surface area contributed by atoms with Crippen molar-refractivity contribution in [1.82, 2.24) is 9.80 Å². The minimum absolute atomic E-state index is 0.0821. The van der Waals surface area contributed by atoms with Crippen LogP contribution >= 0.6 is 0 Å². The van der Waals surface area contributed by atoms with Gasteiger partial charge in [0, 0.05) is 30.9 Å². The van der Waals surface area contributed by atoms with E-state index >= 15 is 0 Å². The van der Waals surface area contributed by atoms with Crippen molar-refractivity contribution < 1.29 is 54.2 Å². The van der Waals surface area contributed by atoms with E-state index in [9.17, 15) is 54.2 Å². The molecule has 2 fully saturated rings. The molecule has 2 aromatic carbocycles. The third kappa shape index (κ3) is 6.23. The number of rotatable bonds is 5. The summed E-state index contributed by atoms with van der Waals surface area (Å²) in [5.74, 6) is -1.64. The standard InChI is InChI=1S/C26H24F9N3O3/c27-24(28,29)17-12-16(13-18(14-17)25(30,31)32)21(40)36-10-7-23(8-11-36)22(41)37(9-6-20(39)26(33,34)35)15-38(23)19-4-2-1-3-5-19/h1-5,12-14,20,39H,6-11,15H2/t20-/m0/s1. The van der Waals surface area contributed by atoms with Gasteiger partial charge < -0.3 is 19.8 Å². The molecule has 2 amide bonds. The Bertz CT molecular complexity index is 1240. The molecule has 0 unspecified atom stereocenters. The summed E-state index contributed by atoms with van der Waals surface area (Å²) >= 11 is 0. The summed E-state index contributed by atoms with van der Waals surface area (Å²) in [6.45, 7) is -0.976. The number of carbonyl (C=O) groups excluding carboxylic acids is 2. The molecule has 2 aliphatic rings. The van der Waals surface area contributed by atoms with Crippen LogP contribution in [0.5, 0.6) is 0 Å². The van der Waals surface area contributed by atoms with Crippen molar-refractivity contribution in [3.8, 4) is 0 Å². The molecule has 15 heteroatoms. The van der Waals surface area contributed by atoms with Gasteiger partial charge in [0.05, 0.1) is 17.8 Å². The number of aliphatic hydroxyl groups excluding tert-OH is 1. The second-order valence-electron chi connectivity index (χ2n) is 9.94. The maximum absolute atomic E-state index is 13.6. The molecule has 0 radical (unpaired) electrons. The fraction of sp³-hybridized carbons (Fsp3) is 0.462. The number of anilines is 1. The zero-order chi connectivity index (χ0) is 30.4. The summed E-state index contributed by atoms with van der Waals surface area (Å²) in [6, 6.07) is 8.99. The minimum atomic E-state index is -5.14. The van der Waals surface area contributed by atoms with E-state index in [0.717, 1.165) is 9.80 Å². The lowest BCUT2D eigenvalue weighted by molar-refractivity contribution is -0.206. The second-order valence-corrected chi connectivity index (χ2v) is 9.94. The van der Waals surface area contributed by atoms with Crippen LogP contribution in [-0.2, 0) is 17.1 Å². The van der Waals surface area contributed by atoms with Crippen LogP contribution in [0.3, 0.4) is 0 Å². The van der Waals surface area contributed by atoms with Gasteiger partial charge in [-0.1, -0.05) is 18.2 Å². The molecular weight excluding hydrogens is 573 g/mol. The Morgan fingerprint density at radius 1 is 0.878 bits per heavy atom. The molecule has 4 rings (SSSR count). The number of aliphatic hydroxyl groups is 1. The molecule has 6 nitrogen and oxygen atoms in total. The highest BCUT2D eigenvalue weighted by Gasteiger charge is 2.54. The number of amides is 2. The van der Waals surface area contributed by atoms with Crippen molar-refractivity contribution in [1.29, 1.82) is 0 Å². The fourth-order valence-corrected chi connectivity index (χ4v) is 5.16. The number of piperidine rings is 1. The van der Waals surface area contributed by atoms with Crippen LogP contribution in [0.1, 0.15) is 40.7 Å². The fourth-order valence-electron chi connectivity index (χ4n) is 5.16. The van der Waals surface area contributed by atoms with Gasteiger partial charge in [-0.3, -0.25) is 9.59 Å². The van der Waals surface area contributed by atoms with Gasteiger partial charge in [-0.25, -0.2) is 0 Å². The third-order valence-electron chi connectivity index (χ3n) is 7.34. The van der Waals surface area contributed by atoms with Crippen LogP contribution < -0.4 is 4.90 Å². The Kier molecular flexibility index (Phi) is 7.97. The van der Waals surface area contributed by atoms with Gasteiger partial charge in [0.2, 0.25) is 5.91 Å². The van der Waals surface area contributed by atoms with E-state index in [1.165, 1.54) is 0 Å². The minimum Gasteiger partial charge on any atom is -0.384 e. The monoisotopic (exact) mass is 597 g/mol. The first kappa shape index (κ1) is 30.5. The molecular formula is C26H24F9N3O3. The van der Waals surface area contributed by atoms with Crippen molar-refractivity contribution in [2.75, 3.05) is 31.2 Å². The maximum atomic E-state index is 13.6. The molecule has 2 heterocycles. The molecule has 41 heavy (non-hydrogen) atoms. The van der Waals surface area contributed by atoms with Crippen LogP contribution in [0.2, 0.25) is 0 Å². The highest BCUT2D eigenvalue weighted by Crippen LogP contribution is 2.41. The molecule has 0 bridgehead atoms. The van der Waals surface area contributed by atoms with Crippen molar-refractivity contribution in [3.05, 3.63) is 65.2 Å². The number of alkyl halides is 9. The molecule has 0 saturated carbocycles. The molecule has 1 N–H and O–H groups in total. The average molecular weight is 597 g/mol. The molecule has 0 aromatic heterocycles. The van der Waals surface area contributed by atoms with E-state index in [4.69, 9.17) is 0 Å². The summed E-state index contributed by atoms with van der Waals surface area (Å²) < 4.78 is 118. The maximum Gasteiger partial charge on any atom is 0.416 e. The molecule has 2 aliphatic heterocycles. The number of nitrogens with zero attached hydrogens (tertiary/aromatic N) is 3. The van der Waals surface area contributed by atoms with Crippen LogP contribution in [0.25, 0.3) is 0 Å². The first-order valence-corrected chi connectivity index (χ1v) is 12.4. The highest BCUT2D eigenvalue weighted by molar-refractivity contribution is 5.96. The third-order valence-corrected chi connectivity index (χ3v) is 7.34. The van der Waals surface area contributed by atoms with Gasteiger partial charge in [-0.15, -0.1) is 0 Å². The predicted molar refractivity (Wildman–Crippen MR) is 126 cm³/mol. The highest BCUT2D eigenvalue weighted by atomic mass is 19.4. The van der Waals surface area contributed by atoms with Crippen molar-refractivity contribution in [2.24, 2.45) is 0 Å². The lowest BCUT2D eigenvalue weighted by atomic mass is 9.85. The van der Waals surface area contributed by atoms with E-state index in [-0.39, 0.29) is 38.7 Å². The van der Waals surface area contributed by atoms with E-state index in [2.05, 4.69) is 0 Å². The van der Waals surface area contributed by atoms with Gasteiger partial charge in [0.1, 0.15) is 5.54 Å². The SMILES string of the molecule is O=C(c1cc(C(F)(F)F)cc(C(F)(F)F)c1)N1CCC2(CC1)C(=O)N(CC[C@H](O)C(F)(F)F)CN2c1ccccc1. The van der Waals surface area contributed by atoms with Crippen LogP contribution in [0.4, 0.5) is 45.2 Å². The normalized spacial score (nSPS) is 18.8. The number of para-hydroxylation sites is 1. The van der Waals surface area contributed by atoms with E-state index in [1.54, 1.807) is 35.2 Å². The lowest BCUT2D eigenvalue weighted by Crippen LogP contribution is -2.57. The summed E-state index contributed by atoms with van der Waals surface area (Å²) in [6.07, 6.45) is -18.7. The molecule has 0 aliphatic carbocycles. The zero-order valence-electron chi connectivity index (χ0n) is 21.2. The Morgan fingerprint density at radius 3 is 1.90 bits per heavy atom.